The second-order valence-corrected chi connectivity index (χ2v) is 6.15. The largest absolute Gasteiger partial charge is 0.480 e. The molecule has 0 aromatic rings. The van der Waals surface area contributed by atoms with Crippen LogP contribution in [0.25, 0.3) is 0 Å². The van der Waals surface area contributed by atoms with Crippen LogP contribution in [0.5, 0.6) is 0 Å². The molecule has 2 saturated carbocycles. The number of hydrogen-bond acceptors (Lipinski definition) is 2. The number of rotatable bonds is 3. The van der Waals surface area contributed by atoms with Gasteiger partial charge >= 0.3 is 12.0 Å². The lowest BCUT2D eigenvalue weighted by atomic mass is 9.77. The van der Waals surface area contributed by atoms with Crippen LogP contribution in [-0.2, 0) is 4.79 Å². The monoisotopic (exact) mass is 268 g/mol. The predicted octanol–water partition coefficient (Wildman–Crippen LogP) is 2.26. The average molecular weight is 268 g/mol. The minimum absolute atomic E-state index is 0.191. The molecule has 2 rings (SSSR count). The third-order valence-electron chi connectivity index (χ3n) is 4.56. The molecule has 2 atom stereocenters. The van der Waals surface area contributed by atoms with Crippen molar-refractivity contribution in [2.75, 3.05) is 0 Å². The van der Waals surface area contributed by atoms with Crippen molar-refractivity contribution >= 4 is 12.0 Å². The fraction of sp³-hybridized carbons (Fsp3) is 0.857. The second kappa shape index (κ2) is 5.80. The minimum Gasteiger partial charge on any atom is -0.480 e. The van der Waals surface area contributed by atoms with E-state index in [0.717, 1.165) is 38.0 Å². The molecule has 19 heavy (non-hydrogen) atoms. The highest BCUT2D eigenvalue weighted by Crippen LogP contribution is 2.32. The number of carbonyl (C=O) groups excluding carboxylic acids is 1. The van der Waals surface area contributed by atoms with Crippen LogP contribution in [-0.4, -0.2) is 28.7 Å². The number of carboxylic acids is 1. The Hall–Kier alpha value is -1.26. The molecule has 3 N–H and O–H groups in total. The van der Waals surface area contributed by atoms with E-state index in [4.69, 9.17) is 0 Å². The van der Waals surface area contributed by atoms with E-state index in [9.17, 15) is 14.7 Å². The minimum atomic E-state index is -1.01. The summed E-state index contributed by atoms with van der Waals surface area (Å²) in [4.78, 5) is 23.1. The molecule has 5 heteroatoms. The summed E-state index contributed by atoms with van der Waals surface area (Å²) in [5.74, 6) is -0.185. The van der Waals surface area contributed by atoms with Crippen LogP contribution in [0.3, 0.4) is 0 Å². The Bertz CT molecular complexity index is 353. The van der Waals surface area contributed by atoms with E-state index in [1.807, 2.05) is 0 Å². The van der Waals surface area contributed by atoms with Crippen LogP contribution in [0.1, 0.15) is 58.3 Å². The molecular formula is C14H24N2O3. The molecule has 0 aromatic carbocycles. The average Bonchev–Trinajstić information content (AvgIpc) is 2.48. The van der Waals surface area contributed by atoms with Gasteiger partial charge in [-0.05, 0) is 44.4 Å². The van der Waals surface area contributed by atoms with E-state index in [-0.39, 0.29) is 12.1 Å². The molecule has 0 heterocycles. The zero-order valence-electron chi connectivity index (χ0n) is 11.6. The maximum absolute atomic E-state index is 11.9. The van der Waals surface area contributed by atoms with Crippen molar-refractivity contribution < 1.29 is 14.7 Å². The Morgan fingerprint density at radius 1 is 1.11 bits per heavy atom. The molecule has 5 nitrogen and oxygen atoms in total. The summed E-state index contributed by atoms with van der Waals surface area (Å²) in [6.07, 6.45) is 7.43. The summed E-state index contributed by atoms with van der Waals surface area (Å²) in [6, 6.07) is -0.127. The summed E-state index contributed by atoms with van der Waals surface area (Å²) in [5.41, 5.74) is -1.01. The fourth-order valence-corrected chi connectivity index (χ4v) is 2.99. The Labute approximate surface area is 114 Å². The lowest BCUT2D eigenvalue weighted by molar-refractivity contribution is -0.148. The smallest absolute Gasteiger partial charge is 0.329 e. The van der Waals surface area contributed by atoms with E-state index < -0.39 is 11.5 Å². The summed E-state index contributed by atoms with van der Waals surface area (Å²) in [7, 11) is 0. The first kappa shape index (κ1) is 14.2. The highest BCUT2D eigenvalue weighted by atomic mass is 16.4. The Morgan fingerprint density at radius 3 is 2.42 bits per heavy atom. The predicted molar refractivity (Wildman–Crippen MR) is 71.9 cm³/mol. The number of urea groups is 1. The van der Waals surface area contributed by atoms with Gasteiger partial charge in [-0.25, -0.2) is 9.59 Å². The van der Waals surface area contributed by atoms with Crippen LogP contribution < -0.4 is 10.6 Å². The number of amides is 2. The van der Waals surface area contributed by atoms with Gasteiger partial charge in [0.2, 0.25) is 0 Å². The molecule has 0 radical (unpaired) electrons. The van der Waals surface area contributed by atoms with Gasteiger partial charge < -0.3 is 15.7 Å². The molecule has 0 spiro atoms. The molecule has 2 aliphatic rings. The van der Waals surface area contributed by atoms with E-state index in [0.29, 0.717) is 12.8 Å². The second-order valence-electron chi connectivity index (χ2n) is 6.15. The molecule has 2 aliphatic carbocycles. The zero-order valence-corrected chi connectivity index (χ0v) is 11.6. The number of carbonyl (C=O) groups is 2. The number of carboxylic acid groups (broad SMARTS) is 1. The Kier molecular flexibility index (Phi) is 4.32. The molecule has 0 aliphatic heterocycles. The number of hydrogen-bond donors (Lipinski definition) is 3. The first-order valence-electron chi connectivity index (χ1n) is 7.34. The van der Waals surface area contributed by atoms with Crippen molar-refractivity contribution in [1.29, 1.82) is 0 Å². The Balaban J connectivity index is 1.82. The van der Waals surface area contributed by atoms with E-state index in [1.54, 1.807) is 0 Å². The Morgan fingerprint density at radius 2 is 1.84 bits per heavy atom. The molecule has 0 saturated heterocycles. The van der Waals surface area contributed by atoms with Gasteiger partial charge in [0.1, 0.15) is 5.54 Å². The van der Waals surface area contributed by atoms with Gasteiger partial charge in [0.15, 0.2) is 0 Å². The van der Waals surface area contributed by atoms with Gasteiger partial charge in [-0.3, -0.25) is 0 Å². The zero-order chi connectivity index (χ0) is 13.9. The summed E-state index contributed by atoms with van der Waals surface area (Å²) in [6.45, 7) is 2.25. The quantitative estimate of drug-likeness (QED) is 0.687. The van der Waals surface area contributed by atoms with Crippen LogP contribution in [0, 0.1) is 5.92 Å². The van der Waals surface area contributed by atoms with Crippen LogP contribution in [0.4, 0.5) is 4.79 Å². The summed E-state index contributed by atoms with van der Waals surface area (Å²) < 4.78 is 0. The first-order chi connectivity index (χ1) is 9.02. The molecule has 2 amide bonds. The van der Waals surface area contributed by atoms with E-state index in [2.05, 4.69) is 17.6 Å². The molecule has 2 unspecified atom stereocenters. The van der Waals surface area contributed by atoms with Crippen LogP contribution >= 0.6 is 0 Å². The van der Waals surface area contributed by atoms with Crippen molar-refractivity contribution in [2.45, 2.75) is 69.9 Å². The lowest BCUT2D eigenvalue weighted by Crippen LogP contribution is -2.62. The van der Waals surface area contributed by atoms with Crippen molar-refractivity contribution in [3.05, 3.63) is 0 Å². The van der Waals surface area contributed by atoms with Crippen molar-refractivity contribution in [2.24, 2.45) is 5.92 Å². The highest BCUT2D eigenvalue weighted by molar-refractivity contribution is 5.87. The molecule has 0 bridgehead atoms. The van der Waals surface area contributed by atoms with Gasteiger partial charge in [0.25, 0.3) is 0 Å². The van der Waals surface area contributed by atoms with Gasteiger partial charge in [-0.1, -0.05) is 19.8 Å². The molecular weight excluding hydrogens is 244 g/mol. The van der Waals surface area contributed by atoms with Crippen LogP contribution in [0.2, 0.25) is 0 Å². The third-order valence-corrected chi connectivity index (χ3v) is 4.56. The van der Waals surface area contributed by atoms with Gasteiger partial charge in [-0.2, -0.15) is 0 Å². The molecule has 0 aromatic heterocycles. The maximum Gasteiger partial charge on any atom is 0.329 e. The molecule has 108 valence electrons. The lowest BCUT2D eigenvalue weighted by Gasteiger charge is -2.38. The van der Waals surface area contributed by atoms with E-state index in [1.165, 1.54) is 6.42 Å². The van der Waals surface area contributed by atoms with E-state index >= 15 is 0 Å². The number of aliphatic carboxylic acids is 1. The van der Waals surface area contributed by atoms with Crippen molar-refractivity contribution in [3.63, 3.8) is 0 Å². The van der Waals surface area contributed by atoms with Gasteiger partial charge in [0.05, 0.1) is 0 Å². The van der Waals surface area contributed by atoms with Crippen molar-refractivity contribution in [3.8, 4) is 0 Å². The standard InChI is InChI=1S/C14H24N2O3/c1-10-4-2-5-11(7-6-10)15-13(19)16-14(12(17)18)8-3-9-14/h10-11H,2-9H2,1H3,(H,17,18)(H2,15,16,19). The molecule has 2 fully saturated rings. The SMILES string of the molecule is CC1CCCC(NC(=O)NC2(C(=O)O)CCC2)CC1. The summed E-state index contributed by atoms with van der Waals surface area (Å²) in [5, 5.41) is 14.8. The number of nitrogens with one attached hydrogen (secondary N) is 2. The third kappa shape index (κ3) is 3.39. The van der Waals surface area contributed by atoms with Crippen molar-refractivity contribution in [1.82, 2.24) is 10.6 Å². The van der Waals surface area contributed by atoms with Gasteiger partial charge in [0, 0.05) is 6.04 Å². The maximum atomic E-state index is 11.9. The summed E-state index contributed by atoms with van der Waals surface area (Å²) >= 11 is 0. The topological polar surface area (TPSA) is 78.4 Å². The van der Waals surface area contributed by atoms with Gasteiger partial charge in [-0.15, -0.1) is 0 Å². The first-order valence-corrected chi connectivity index (χ1v) is 7.34. The fourth-order valence-electron chi connectivity index (χ4n) is 2.99. The van der Waals surface area contributed by atoms with Crippen LogP contribution in [0.15, 0.2) is 0 Å². The normalized spacial score (nSPS) is 29.7. The highest BCUT2D eigenvalue weighted by Gasteiger charge is 2.45.